The minimum absolute atomic E-state index is 0.0429. The van der Waals surface area contributed by atoms with Gasteiger partial charge in [-0.3, -0.25) is 0 Å². The standard InChI is InChI=1S/C6H4BrClINO2S/c7-5-4(13(10,11)12)2-1-3(8)6(5)9/h1-2H,(H2,10,11,12). The first kappa shape index (κ1) is 11.7. The summed E-state index contributed by atoms with van der Waals surface area (Å²) in [5, 5.41) is 5.46. The molecule has 1 aromatic rings. The summed E-state index contributed by atoms with van der Waals surface area (Å²) in [5.74, 6) is 0. The molecule has 3 nitrogen and oxygen atoms in total. The molecule has 0 radical (unpaired) electrons. The summed E-state index contributed by atoms with van der Waals surface area (Å²) in [6, 6.07) is 2.86. The molecule has 0 aromatic heterocycles. The van der Waals surface area contributed by atoms with Crippen LogP contribution in [0.4, 0.5) is 0 Å². The molecule has 0 heterocycles. The van der Waals surface area contributed by atoms with Gasteiger partial charge in [-0.1, -0.05) is 11.6 Å². The first-order valence-corrected chi connectivity index (χ1v) is 6.80. The monoisotopic (exact) mass is 395 g/mol. The van der Waals surface area contributed by atoms with Crippen molar-refractivity contribution in [3.8, 4) is 0 Å². The molecule has 0 spiro atoms. The van der Waals surface area contributed by atoms with E-state index >= 15 is 0 Å². The summed E-state index contributed by atoms with van der Waals surface area (Å²) in [5.41, 5.74) is 0. The summed E-state index contributed by atoms with van der Waals surface area (Å²) >= 11 is 10.8. The highest BCUT2D eigenvalue weighted by Crippen LogP contribution is 2.31. The van der Waals surface area contributed by atoms with Crippen molar-refractivity contribution in [2.24, 2.45) is 5.14 Å². The van der Waals surface area contributed by atoms with Crippen molar-refractivity contribution in [2.75, 3.05) is 0 Å². The zero-order valence-corrected chi connectivity index (χ0v) is 11.4. The van der Waals surface area contributed by atoms with Crippen LogP contribution in [0.3, 0.4) is 0 Å². The fourth-order valence-corrected chi connectivity index (χ4v) is 3.29. The molecule has 0 saturated carbocycles. The van der Waals surface area contributed by atoms with E-state index in [-0.39, 0.29) is 4.90 Å². The van der Waals surface area contributed by atoms with E-state index in [0.29, 0.717) is 13.1 Å². The van der Waals surface area contributed by atoms with Crippen LogP contribution in [-0.4, -0.2) is 8.42 Å². The van der Waals surface area contributed by atoms with Gasteiger partial charge in [0.15, 0.2) is 0 Å². The van der Waals surface area contributed by atoms with Gasteiger partial charge in [0, 0.05) is 3.57 Å². The Bertz CT molecular complexity index is 448. The van der Waals surface area contributed by atoms with E-state index in [1.54, 1.807) is 0 Å². The summed E-state index contributed by atoms with van der Waals surface area (Å²) in [6.45, 7) is 0. The van der Waals surface area contributed by atoms with Gasteiger partial charge >= 0.3 is 0 Å². The van der Waals surface area contributed by atoms with Gasteiger partial charge in [-0.15, -0.1) is 0 Å². The Hall–Kier alpha value is 0.630. The van der Waals surface area contributed by atoms with Crippen molar-refractivity contribution in [3.63, 3.8) is 0 Å². The van der Waals surface area contributed by atoms with Crippen LogP contribution in [0.25, 0.3) is 0 Å². The Morgan fingerprint density at radius 2 is 2.00 bits per heavy atom. The Labute approximate surface area is 103 Å². The number of sulfonamides is 1. The molecule has 1 aromatic carbocycles. The zero-order chi connectivity index (χ0) is 10.2. The summed E-state index contributed by atoms with van der Waals surface area (Å²) in [7, 11) is -3.68. The Morgan fingerprint density at radius 1 is 1.46 bits per heavy atom. The first-order chi connectivity index (χ1) is 5.84. The topological polar surface area (TPSA) is 60.2 Å². The normalized spacial score (nSPS) is 11.7. The van der Waals surface area contributed by atoms with Crippen LogP contribution >= 0.6 is 50.1 Å². The molecular formula is C6H4BrClINO2S. The van der Waals surface area contributed by atoms with Gasteiger partial charge in [0.05, 0.1) is 14.4 Å². The highest BCUT2D eigenvalue weighted by Gasteiger charge is 2.15. The maximum absolute atomic E-state index is 11.0. The minimum Gasteiger partial charge on any atom is -0.225 e. The minimum atomic E-state index is -3.68. The Balaban J connectivity index is 3.53. The van der Waals surface area contributed by atoms with Gasteiger partial charge in [0.1, 0.15) is 0 Å². The number of halogens is 3. The van der Waals surface area contributed by atoms with Crippen LogP contribution in [0.15, 0.2) is 21.5 Å². The van der Waals surface area contributed by atoms with E-state index in [1.165, 1.54) is 12.1 Å². The number of benzene rings is 1. The van der Waals surface area contributed by atoms with Crippen LogP contribution in [0.2, 0.25) is 5.02 Å². The van der Waals surface area contributed by atoms with Crippen molar-refractivity contribution < 1.29 is 8.42 Å². The number of rotatable bonds is 1. The van der Waals surface area contributed by atoms with Crippen molar-refractivity contribution in [1.82, 2.24) is 0 Å². The van der Waals surface area contributed by atoms with E-state index in [0.717, 1.165) is 0 Å². The summed E-state index contributed by atoms with van der Waals surface area (Å²) in [4.78, 5) is 0.0429. The molecular weight excluding hydrogens is 392 g/mol. The van der Waals surface area contributed by atoms with E-state index < -0.39 is 10.0 Å². The molecule has 0 saturated heterocycles. The Kier molecular flexibility index (Phi) is 3.61. The van der Waals surface area contributed by atoms with Crippen LogP contribution in [0, 0.1) is 3.57 Å². The second-order valence-corrected chi connectivity index (χ2v) is 6.03. The largest absolute Gasteiger partial charge is 0.239 e. The van der Waals surface area contributed by atoms with E-state index in [9.17, 15) is 8.42 Å². The van der Waals surface area contributed by atoms with Gasteiger partial charge in [-0.25, -0.2) is 13.6 Å². The molecule has 7 heteroatoms. The molecule has 0 atom stereocenters. The predicted octanol–water partition coefficient (Wildman–Crippen LogP) is 2.35. The molecule has 0 bridgehead atoms. The van der Waals surface area contributed by atoms with Gasteiger partial charge in [-0.2, -0.15) is 0 Å². The quantitative estimate of drug-likeness (QED) is 0.585. The summed E-state index contributed by atoms with van der Waals surface area (Å²) in [6.07, 6.45) is 0. The lowest BCUT2D eigenvalue weighted by atomic mass is 10.4. The second kappa shape index (κ2) is 4.01. The molecule has 0 amide bonds. The third-order valence-corrected chi connectivity index (χ3v) is 5.84. The first-order valence-electron chi connectivity index (χ1n) is 3.00. The lowest BCUT2D eigenvalue weighted by Crippen LogP contribution is -2.13. The molecule has 13 heavy (non-hydrogen) atoms. The lowest BCUT2D eigenvalue weighted by Gasteiger charge is -2.04. The van der Waals surface area contributed by atoms with Crippen LogP contribution in [0.1, 0.15) is 0 Å². The summed E-state index contributed by atoms with van der Waals surface area (Å²) < 4.78 is 23.1. The average Bonchev–Trinajstić information content (AvgIpc) is 1.98. The van der Waals surface area contributed by atoms with E-state index in [4.69, 9.17) is 16.7 Å². The zero-order valence-electron chi connectivity index (χ0n) is 6.09. The van der Waals surface area contributed by atoms with Crippen molar-refractivity contribution in [1.29, 1.82) is 0 Å². The molecule has 0 aliphatic carbocycles. The Morgan fingerprint density at radius 3 is 2.46 bits per heavy atom. The maximum Gasteiger partial charge on any atom is 0.239 e. The number of hydrogen-bond acceptors (Lipinski definition) is 2. The number of primary sulfonamides is 1. The third-order valence-electron chi connectivity index (χ3n) is 1.31. The smallest absolute Gasteiger partial charge is 0.225 e. The molecule has 0 aliphatic heterocycles. The van der Waals surface area contributed by atoms with Gasteiger partial charge < -0.3 is 0 Å². The van der Waals surface area contributed by atoms with Gasteiger partial charge in [-0.05, 0) is 50.7 Å². The highest BCUT2D eigenvalue weighted by atomic mass is 127. The fraction of sp³-hybridized carbons (Fsp3) is 0. The number of hydrogen-bond donors (Lipinski definition) is 1. The molecule has 1 rings (SSSR count). The molecule has 0 unspecified atom stereocenters. The second-order valence-electron chi connectivity index (χ2n) is 2.22. The molecule has 72 valence electrons. The molecule has 0 fully saturated rings. The van der Waals surface area contributed by atoms with Crippen molar-refractivity contribution >= 4 is 60.1 Å². The highest BCUT2D eigenvalue weighted by molar-refractivity contribution is 14.1. The number of nitrogens with two attached hydrogens (primary N) is 1. The molecule has 0 aliphatic rings. The predicted molar refractivity (Wildman–Crippen MR) is 63.2 cm³/mol. The van der Waals surface area contributed by atoms with Crippen LogP contribution in [-0.2, 0) is 10.0 Å². The average molecular weight is 396 g/mol. The SMILES string of the molecule is NS(=O)(=O)c1ccc(Cl)c(I)c1Br. The molecule has 2 N–H and O–H groups in total. The van der Waals surface area contributed by atoms with Crippen molar-refractivity contribution in [3.05, 3.63) is 25.2 Å². The third kappa shape index (κ3) is 2.56. The van der Waals surface area contributed by atoms with Crippen LogP contribution in [0.5, 0.6) is 0 Å². The lowest BCUT2D eigenvalue weighted by molar-refractivity contribution is 0.597. The fourth-order valence-electron chi connectivity index (χ4n) is 0.728. The van der Waals surface area contributed by atoms with Gasteiger partial charge in [0.2, 0.25) is 10.0 Å². The van der Waals surface area contributed by atoms with E-state index in [2.05, 4.69) is 15.9 Å². The maximum atomic E-state index is 11.0. The van der Waals surface area contributed by atoms with Gasteiger partial charge in [0.25, 0.3) is 0 Å². The van der Waals surface area contributed by atoms with Crippen molar-refractivity contribution in [2.45, 2.75) is 4.90 Å². The van der Waals surface area contributed by atoms with Crippen LogP contribution < -0.4 is 5.14 Å². The van der Waals surface area contributed by atoms with E-state index in [1.807, 2.05) is 22.6 Å².